The largest absolute Gasteiger partial charge is 0.425 e. The number of fused-ring (bicyclic) bond motifs is 1. The summed E-state index contributed by atoms with van der Waals surface area (Å²) >= 11 is 0. The zero-order valence-corrected chi connectivity index (χ0v) is 19.1. The molecule has 0 aliphatic heterocycles. The Morgan fingerprint density at radius 1 is 0.800 bits per heavy atom. The van der Waals surface area contributed by atoms with E-state index in [1.807, 2.05) is 24.3 Å². The minimum atomic E-state index is -0.302. The number of ether oxygens (including phenoxy) is 2. The molecule has 0 N–H and O–H groups in total. The van der Waals surface area contributed by atoms with Gasteiger partial charge in [-0.05, 0) is 24.5 Å². The first-order valence-corrected chi connectivity index (χ1v) is 12.4. The minimum Gasteiger partial charge on any atom is -0.425 e. The van der Waals surface area contributed by atoms with Gasteiger partial charge in [0.1, 0.15) is 12.4 Å². The van der Waals surface area contributed by atoms with E-state index in [4.69, 9.17) is 9.47 Å². The van der Waals surface area contributed by atoms with Gasteiger partial charge in [-0.3, -0.25) is 0 Å². The van der Waals surface area contributed by atoms with Crippen LogP contribution in [0.25, 0.3) is 5.76 Å². The first kappa shape index (κ1) is 24.7. The summed E-state index contributed by atoms with van der Waals surface area (Å²) in [7, 11) is 0. The van der Waals surface area contributed by atoms with Gasteiger partial charge in [-0.25, -0.2) is 4.79 Å². The number of carbonyl (C=O) groups is 1. The van der Waals surface area contributed by atoms with Crippen LogP contribution in [0.2, 0.25) is 0 Å². The molecule has 168 valence electrons. The van der Waals surface area contributed by atoms with Crippen molar-refractivity contribution in [2.24, 2.45) is 0 Å². The second kappa shape index (κ2) is 16.1. The topological polar surface area (TPSA) is 35.5 Å². The van der Waals surface area contributed by atoms with Crippen LogP contribution in [0.15, 0.2) is 30.3 Å². The van der Waals surface area contributed by atoms with Gasteiger partial charge in [0, 0.05) is 12.2 Å². The highest BCUT2D eigenvalue weighted by atomic mass is 16.6. The van der Waals surface area contributed by atoms with Crippen LogP contribution < -0.4 is 0 Å². The van der Waals surface area contributed by atoms with Gasteiger partial charge in [-0.1, -0.05) is 115 Å². The van der Waals surface area contributed by atoms with Crippen LogP contribution in [0, 0.1) is 0 Å². The molecule has 3 nitrogen and oxygen atoms in total. The molecule has 0 amide bonds. The number of carbonyl (C=O) groups excluding carboxylic acids is 1. The maximum atomic E-state index is 12.0. The van der Waals surface area contributed by atoms with Gasteiger partial charge in [0.15, 0.2) is 0 Å². The molecule has 1 aliphatic carbocycles. The molecule has 0 saturated carbocycles. The molecule has 0 radical (unpaired) electrons. The van der Waals surface area contributed by atoms with Gasteiger partial charge >= 0.3 is 5.97 Å². The smallest absolute Gasteiger partial charge is 0.337 e. The van der Waals surface area contributed by atoms with Crippen molar-refractivity contribution in [3.05, 3.63) is 41.5 Å². The number of hydrogen-bond acceptors (Lipinski definition) is 3. The van der Waals surface area contributed by atoms with Crippen LogP contribution in [-0.2, 0) is 20.7 Å². The molecule has 0 aromatic heterocycles. The maximum Gasteiger partial charge on any atom is 0.337 e. The van der Waals surface area contributed by atoms with Crippen molar-refractivity contribution in [3.8, 4) is 0 Å². The highest BCUT2D eigenvalue weighted by molar-refractivity contribution is 5.81. The molecule has 0 spiro atoms. The first-order chi connectivity index (χ1) is 14.8. The normalized spacial score (nSPS) is 12.6. The molecular formula is C27H42O3. The van der Waals surface area contributed by atoms with Crippen LogP contribution in [-0.4, -0.2) is 19.2 Å². The summed E-state index contributed by atoms with van der Waals surface area (Å²) in [6, 6.07) is 8.05. The Hall–Kier alpha value is -1.61. The summed E-state index contributed by atoms with van der Waals surface area (Å²) in [5.74, 6) is 0.374. The van der Waals surface area contributed by atoms with E-state index < -0.39 is 0 Å². The van der Waals surface area contributed by atoms with Gasteiger partial charge < -0.3 is 9.47 Å². The summed E-state index contributed by atoms with van der Waals surface area (Å²) < 4.78 is 11.0. The van der Waals surface area contributed by atoms with Crippen molar-refractivity contribution in [1.82, 2.24) is 0 Å². The number of benzene rings is 1. The fourth-order valence-corrected chi connectivity index (χ4v) is 4.05. The highest BCUT2D eigenvalue weighted by Crippen LogP contribution is 2.27. The van der Waals surface area contributed by atoms with Gasteiger partial charge in [0.25, 0.3) is 0 Å². The summed E-state index contributed by atoms with van der Waals surface area (Å²) in [5.41, 5.74) is 2.24. The van der Waals surface area contributed by atoms with Gasteiger partial charge in [0.2, 0.25) is 0 Å². The second-order valence-electron chi connectivity index (χ2n) is 8.55. The Morgan fingerprint density at radius 2 is 1.37 bits per heavy atom. The van der Waals surface area contributed by atoms with E-state index in [1.165, 1.54) is 89.0 Å². The quantitative estimate of drug-likeness (QED) is 0.183. The Kier molecular flexibility index (Phi) is 13.3. The Labute approximate surface area is 184 Å². The SMILES string of the molecule is CCCCCCCCCCCCCCCCOCC(=O)OC1=CCc2ccccc21. The van der Waals surface area contributed by atoms with E-state index in [9.17, 15) is 4.79 Å². The lowest BCUT2D eigenvalue weighted by Crippen LogP contribution is -2.12. The summed E-state index contributed by atoms with van der Waals surface area (Å²) in [5, 5.41) is 0. The van der Waals surface area contributed by atoms with Crippen molar-refractivity contribution >= 4 is 11.7 Å². The van der Waals surface area contributed by atoms with Crippen molar-refractivity contribution < 1.29 is 14.3 Å². The second-order valence-corrected chi connectivity index (χ2v) is 8.55. The molecule has 2 rings (SSSR count). The van der Waals surface area contributed by atoms with Crippen molar-refractivity contribution in [3.63, 3.8) is 0 Å². The summed E-state index contributed by atoms with van der Waals surface area (Å²) in [6.45, 7) is 2.96. The van der Waals surface area contributed by atoms with E-state index >= 15 is 0 Å². The molecule has 30 heavy (non-hydrogen) atoms. The average Bonchev–Trinajstić information content (AvgIpc) is 3.16. The van der Waals surface area contributed by atoms with Crippen LogP contribution in [0.5, 0.6) is 0 Å². The standard InChI is InChI=1S/C27H42O3/c1-2-3-4-5-6-7-8-9-10-11-12-13-14-17-22-29-23-27(28)30-26-21-20-24-18-15-16-19-25(24)26/h15-16,18-19,21H,2-14,17,20,22-23H2,1H3. The summed E-state index contributed by atoms with van der Waals surface area (Å²) in [6.07, 6.45) is 21.6. The van der Waals surface area contributed by atoms with Crippen molar-refractivity contribution in [1.29, 1.82) is 0 Å². The molecule has 0 unspecified atom stereocenters. The fourth-order valence-electron chi connectivity index (χ4n) is 4.05. The van der Waals surface area contributed by atoms with E-state index in [2.05, 4.69) is 13.0 Å². The van der Waals surface area contributed by atoms with Crippen molar-refractivity contribution in [2.45, 2.75) is 103 Å². The molecule has 0 saturated heterocycles. The minimum absolute atomic E-state index is 0.0396. The van der Waals surface area contributed by atoms with E-state index in [-0.39, 0.29) is 12.6 Å². The molecule has 3 heteroatoms. The number of esters is 1. The molecule has 1 aromatic carbocycles. The highest BCUT2D eigenvalue weighted by Gasteiger charge is 2.17. The van der Waals surface area contributed by atoms with E-state index in [0.717, 1.165) is 18.4 Å². The van der Waals surface area contributed by atoms with Gasteiger partial charge in [-0.2, -0.15) is 0 Å². The predicted octanol–water partition coefficient (Wildman–Crippen LogP) is 7.62. The number of hydrogen-bond donors (Lipinski definition) is 0. The molecule has 0 fully saturated rings. The van der Waals surface area contributed by atoms with Crippen molar-refractivity contribution in [2.75, 3.05) is 13.2 Å². The van der Waals surface area contributed by atoms with E-state index in [0.29, 0.717) is 12.4 Å². The van der Waals surface area contributed by atoms with Crippen LogP contribution >= 0.6 is 0 Å². The van der Waals surface area contributed by atoms with Crippen LogP contribution in [0.1, 0.15) is 108 Å². The van der Waals surface area contributed by atoms with Gasteiger partial charge in [0.05, 0.1) is 0 Å². The number of unbranched alkanes of at least 4 members (excludes halogenated alkanes) is 13. The van der Waals surface area contributed by atoms with Crippen LogP contribution in [0.4, 0.5) is 0 Å². The monoisotopic (exact) mass is 414 g/mol. The Bertz CT molecular complexity index is 620. The molecule has 0 heterocycles. The lowest BCUT2D eigenvalue weighted by atomic mass is 10.0. The average molecular weight is 415 g/mol. The number of allylic oxidation sites excluding steroid dienone is 1. The van der Waals surface area contributed by atoms with E-state index in [1.54, 1.807) is 0 Å². The third kappa shape index (κ3) is 10.4. The third-order valence-electron chi connectivity index (χ3n) is 5.88. The molecule has 1 aromatic rings. The van der Waals surface area contributed by atoms with Crippen LogP contribution in [0.3, 0.4) is 0 Å². The molecular weight excluding hydrogens is 372 g/mol. The molecule has 0 bridgehead atoms. The zero-order chi connectivity index (χ0) is 21.3. The first-order valence-electron chi connectivity index (χ1n) is 12.4. The lowest BCUT2D eigenvalue weighted by Gasteiger charge is -2.08. The molecule has 0 atom stereocenters. The van der Waals surface area contributed by atoms with Gasteiger partial charge in [-0.15, -0.1) is 0 Å². The predicted molar refractivity (Wildman–Crippen MR) is 125 cm³/mol. The Balaban J connectivity index is 1.33. The Morgan fingerprint density at radius 3 is 2.00 bits per heavy atom. The summed E-state index contributed by atoms with van der Waals surface area (Å²) in [4.78, 5) is 12.0. The number of rotatable bonds is 18. The maximum absolute atomic E-state index is 12.0. The molecule has 1 aliphatic rings. The fraction of sp³-hybridized carbons (Fsp3) is 0.667. The third-order valence-corrected chi connectivity index (χ3v) is 5.88. The zero-order valence-electron chi connectivity index (χ0n) is 19.1. The lowest BCUT2D eigenvalue weighted by molar-refractivity contribution is -0.141.